The van der Waals surface area contributed by atoms with Crippen LogP contribution in [0.3, 0.4) is 0 Å². The third-order valence-corrected chi connectivity index (χ3v) is 8.13. The van der Waals surface area contributed by atoms with Gasteiger partial charge in [-0.2, -0.15) is 15.3 Å². The van der Waals surface area contributed by atoms with E-state index >= 15 is 0 Å². The van der Waals surface area contributed by atoms with Crippen molar-refractivity contribution in [3.8, 4) is 23.0 Å². The van der Waals surface area contributed by atoms with Gasteiger partial charge in [0.1, 0.15) is 11.9 Å². The summed E-state index contributed by atoms with van der Waals surface area (Å²) >= 11 is 0. The Morgan fingerprint density at radius 1 is 1.14 bits per heavy atom. The van der Waals surface area contributed by atoms with E-state index in [0.717, 1.165) is 33.3 Å². The van der Waals surface area contributed by atoms with Gasteiger partial charge in [0.25, 0.3) is 0 Å². The van der Waals surface area contributed by atoms with Gasteiger partial charge in [-0.25, -0.2) is 19.1 Å². The molecule has 12 heteroatoms. The van der Waals surface area contributed by atoms with E-state index in [1.54, 1.807) is 18.5 Å². The van der Waals surface area contributed by atoms with Crippen molar-refractivity contribution in [1.29, 1.82) is 5.26 Å². The zero-order valence-corrected chi connectivity index (χ0v) is 24.6. The Morgan fingerprint density at radius 2 is 1.93 bits per heavy atom. The quantitative estimate of drug-likeness (QED) is 0.313. The first-order valence-corrected chi connectivity index (χ1v) is 14.1. The lowest BCUT2D eigenvalue weighted by Gasteiger charge is -2.39. The molecule has 218 valence electrons. The van der Waals surface area contributed by atoms with Crippen LogP contribution in [-0.2, 0) is 0 Å². The number of anilines is 1. The normalized spacial score (nSPS) is 15.4. The number of nitrogens with zero attached hydrogens (tertiary/aromatic N) is 8. The molecule has 0 spiro atoms. The number of aromatic nitrogens is 6. The number of H-pyrrole nitrogens is 1. The first-order chi connectivity index (χ1) is 20.6. The molecule has 5 heterocycles. The largest absolute Gasteiger partial charge is 0.465 e. The minimum Gasteiger partial charge on any atom is -0.465 e. The highest BCUT2D eigenvalue weighted by Gasteiger charge is 2.31. The molecule has 0 radical (unpaired) electrons. The van der Waals surface area contributed by atoms with Crippen LogP contribution in [0.1, 0.15) is 49.1 Å². The maximum absolute atomic E-state index is 14.1. The summed E-state index contributed by atoms with van der Waals surface area (Å²) in [6.45, 7) is 10.6. The van der Waals surface area contributed by atoms with Gasteiger partial charge < -0.3 is 14.9 Å². The van der Waals surface area contributed by atoms with Crippen molar-refractivity contribution in [2.24, 2.45) is 0 Å². The van der Waals surface area contributed by atoms with Gasteiger partial charge in [-0.3, -0.25) is 10.1 Å². The first kappa shape index (κ1) is 27.8. The summed E-state index contributed by atoms with van der Waals surface area (Å²) in [6, 6.07) is 9.52. The van der Waals surface area contributed by atoms with Gasteiger partial charge in [0.05, 0.1) is 39.7 Å². The summed E-state index contributed by atoms with van der Waals surface area (Å²) in [5.74, 6) is 0.371. The van der Waals surface area contributed by atoms with Crippen molar-refractivity contribution >= 4 is 33.8 Å². The number of nitrogens with one attached hydrogen (secondary N) is 1. The fourth-order valence-corrected chi connectivity index (χ4v) is 6.00. The number of carboxylic acid groups (broad SMARTS) is 1. The number of amides is 1. The lowest BCUT2D eigenvalue weighted by molar-refractivity contribution is 0.136. The molecule has 0 bridgehead atoms. The Hall–Kier alpha value is -5.31. The fourth-order valence-electron chi connectivity index (χ4n) is 6.00. The SMILES string of the molecule is Cc1ccnc(C(C)C)c1-n1c(=O)nc(N2CCN(C(=O)O)C[C@@H]2C)c2cc(C#N)c(-c3c(C)ccc4[nH]ncc34)nc21. The first-order valence-electron chi connectivity index (χ1n) is 14.1. The molecule has 1 atom stereocenters. The fraction of sp³-hybridized carbons (Fsp3) is 0.323. The molecular formula is C31H31N9O3. The molecule has 12 nitrogen and oxygen atoms in total. The second kappa shape index (κ2) is 10.5. The standard InChI is InChI=1S/C31H31N9O3/c1-16(2)25-27(18(4)8-9-33-25)40-29-21(28(36-30(40)41)39-11-10-38(31(42)43)15-19(39)5)12-20(13-32)26(35-29)24-17(3)6-7-23-22(24)14-34-37-23/h6-9,12,14,16,19H,10-11,15H2,1-5H3,(H,34,37)(H,42,43)/t19-/m0/s1. The number of benzene rings is 1. The number of aromatic amines is 1. The Bertz CT molecular complexity index is 2020. The second-order valence-electron chi connectivity index (χ2n) is 11.3. The van der Waals surface area contributed by atoms with Gasteiger partial charge >= 0.3 is 11.8 Å². The molecule has 1 saturated heterocycles. The Kier molecular flexibility index (Phi) is 6.80. The number of nitriles is 1. The number of fused-ring (bicyclic) bond motifs is 2. The molecular weight excluding hydrogens is 546 g/mol. The average Bonchev–Trinajstić information content (AvgIpc) is 3.45. The molecule has 5 aromatic rings. The van der Waals surface area contributed by atoms with E-state index in [9.17, 15) is 20.0 Å². The number of piperazine rings is 1. The number of rotatable bonds is 4. The van der Waals surface area contributed by atoms with Crippen molar-refractivity contribution in [2.75, 3.05) is 24.5 Å². The van der Waals surface area contributed by atoms with Gasteiger partial charge in [0.2, 0.25) is 0 Å². The smallest absolute Gasteiger partial charge is 0.407 e. The molecule has 1 aliphatic heterocycles. The van der Waals surface area contributed by atoms with E-state index in [2.05, 4.69) is 26.2 Å². The van der Waals surface area contributed by atoms with Crippen molar-refractivity contribution in [1.82, 2.24) is 34.6 Å². The zero-order chi connectivity index (χ0) is 30.6. The molecule has 6 rings (SSSR count). The van der Waals surface area contributed by atoms with E-state index < -0.39 is 11.8 Å². The highest BCUT2D eigenvalue weighted by atomic mass is 16.4. The zero-order valence-electron chi connectivity index (χ0n) is 24.6. The predicted molar refractivity (Wildman–Crippen MR) is 163 cm³/mol. The van der Waals surface area contributed by atoms with Crippen LogP contribution in [0.4, 0.5) is 10.6 Å². The van der Waals surface area contributed by atoms with Crippen LogP contribution in [0.2, 0.25) is 0 Å². The summed E-state index contributed by atoms with van der Waals surface area (Å²) in [7, 11) is 0. The van der Waals surface area contributed by atoms with Crippen LogP contribution >= 0.6 is 0 Å². The number of aryl methyl sites for hydroxylation is 2. The van der Waals surface area contributed by atoms with E-state index in [-0.39, 0.29) is 25.0 Å². The lowest BCUT2D eigenvalue weighted by Crippen LogP contribution is -2.54. The second-order valence-corrected chi connectivity index (χ2v) is 11.3. The summed E-state index contributed by atoms with van der Waals surface area (Å²) < 4.78 is 1.50. The van der Waals surface area contributed by atoms with Crippen molar-refractivity contribution in [3.05, 3.63) is 69.5 Å². The molecule has 1 amide bonds. The molecule has 0 aliphatic carbocycles. The summed E-state index contributed by atoms with van der Waals surface area (Å²) in [5, 5.41) is 28.5. The highest BCUT2D eigenvalue weighted by Crippen LogP contribution is 2.37. The van der Waals surface area contributed by atoms with Crippen LogP contribution in [0.5, 0.6) is 0 Å². The average molecular weight is 578 g/mol. The van der Waals surface area contributed by atoms with Crippen LogP contribution < -0.4 is 10.6 Å². The van der Waals surface area contributed by atoms with Crippen molar-refractivity contribution in [2.45, 2.75) is 46.6 Å². The minimum absolute atomic E-state index is 0.000389. The summed E-state index contributed by atoms with van der Waals surface area (Å²) in [6.07, 6.45) is 2.44. The molecule has 1 fully saturated rings. The van der Waals surface area contributed by atoms with Crippen molar-refractivity contribution in [3.63, 3.8) is 0 Å². The van der Waals surface area contributed by atoms with Crippen LogP contribution in [0.15, 0.2) is 41.5 Å². The van der Waals surface area contributed by atoms with Crippen LogP contribution in [0, 0.1) is 25.2 Å². The molecule has 1 aromatic carbocycles. The van der Waals surface area contributed by atoms with E-state index in [1.165, 1.54) is 9.47 Å². The van der Waals surface area contributed by atoms with Gasteiger partial charge in [-0.15, -0.1) is 0 Å². The predicted octanol–water partition coefficient (Wildman–Crippen LogP) is 4.52. The maximum Gasteiger partial charge on any atom is 0.407 e. The molecule has 2 N–H and O–H groups in total. The van der Waals surface area contributed by atoms with Crippen molar-refractivity contribution < 1.29 is 9.90 Å². The van der Waals surface area contributed by atoms with E-state index in [1.807, 2.05) is 57.7 Å². The maximum atomic E-state index is 14.1. The Morgan fingerprint density at radius 3 is 2.63 bits per heavy atom. The third-order valence-electron chi connectivity index (χ3n) is 8.13. The van der Waals surface area contributed by atoms with Crippen LogP contribution in [-0.4, -0.2) is 71.5 Å². The highest BCUT2D eigenvalue weighted by molar-refractivity contribution is 5.99. The lowest BCUT2D eigenvalue weighted by atomic mass is 9.97. The number of carbonyl (C=O) groups is 1. The molecule has 0 saturated carbocycles. The number of pyridine rings is 2. The van der Waals surface area contributed by atoms with E-state index in [0.29, 0.717) is 40.3 Å². The van der Waals surface area contributed by atoms with Gasteiger partial charge in [0.15, 0.2) is 5.65 Å². The monoisotopic (exact) mass is 577 g/mol. The molecule has 43 heavy (non-hydrogen) atoms. The molecule has 1 aliphatic rings. The topological polar surface area (TPSA) is 157 Å². The van der Waals surface area contributed by atoms with Gasteiger partial charge in [0, 0.05) is 42.8 Å². The van der Waals surface area contributed by atoms with Crippen LogP contribution in [0.25, 0.3) is 38.9 Å². The third kappa shape index (κ3) is 4.53. The Balaban J connectivity index is 1.72. The molecule has 0 unspecified atom stereocenters. The number of hydrogen-bond donors (Lipinski definition) is 2. The summed E-state index contributed by atoms with van der Waals surface area (Å²) in [5.41, 5.74) is 5.18. The molecule has 4 aromatic heterocycles. The minimum atomic E-state index is -0.991. The Labute approximate surface area is 247 Å². The number of hydrogen-bond acceptors (Lipinski definition) is 8. The van der Waals surface area contributed by atoms with E-state index in [4.69, 9.17) is 4.98 Å². The van der Waals surface area contributed by atoms with Gasteiger partial charge in [-0.05, 0) is 56.0 Å². The van der Waals surface area contributed by atoms with Gasteiger partial charge in [-0.1, -0.05) is 19.9 Å². The summed E-state index contributed by atoms with van der Waals surface area (Å²) in [4.78, 5) is 43.4.